The number of rotatable bonds is 1. The molecule has 2 nitrogen and oxygen atoms in total. The summed E-state index contributed by atoms with van der Waals surface area (Å²) in [5.41, 5.74) is 0. The quantitative estimate of drug-likeness (QED) is 0.706. The van der Waals surface area contributed by atoms with E-state index in [0.717, 1.165) is 19.5 Å². The molecular weight excluding hydrogens is 208 g/mol. The first-order valence-electron chi connectivity index (χ1n) is 6.91. The van der Waals surface area contributed by atoms with Gasteiger partial charge >= 0.3 is 0 Å². The molecule has 0 aromatic carbocycles. The van der Waals surface area contributed by atoms with Crippen molar-refractivity contribution in [1.82, 2.24) is 10.2 Å². The molecule has 1 aliphatic rings. The topological polar surface area (TPSA) is 15.3 Å². The molecule has 0 bridgehead atoms. The second-order valence-electron chi connectivity index (χ2n) is 4.44. The molecule has 1 aliphatic heterocycles. The van der Waals surface area contributed by atoms with E-state index in [4.69, 9.17) is 0 Å². The van der Waals surface area contributed by atoms with E-state index in [0.29, 0.717) is 12.0 Å². The predicted octanol–water partition coefficient (Wildman–Crippen LogP) is 3.07. The summed E-state index contributed by atoms with van der Waals surface area (Å²) in [5.74, 6) is 0.620. The van der Waals surface area contributed by atoms with Gasteiger partial charge in [0.05, 0.1) is 0 Å². The molecule has 0 fully saturated rings. The van der Waals surface area contributed by atoms with Gasteiger partial charge in [0.15, 0.2) is 0 Å². The largest absolute Gasteiger partial charge is 0.316 e. The van der Waals surface area contributed by atoms with E-state index in [1.54, 1.807) is 0 Å². The lowest BCUT2D eigenvalue weighted by molar-refractivity contribution is 0.318. The van der Waals surface area contributed by atoms with Crippen molar-refractivity contribution in [3.63, 3.8) is 0 Å². The number of nitrogens with zero attached hydrogens (tertiary/aromatic N) is 1. The van der Waals surface area contributed by atoms with Crippen LogP contribution in [-0.2, 0) is 0 Å². The highest BCUT2D eigenvalue weighted by molar-refractivity contribution is 4.98. The number of likely N-dealkylation sites (N-methyl/N-ethyl adjacent to an activating group) is 1. The van der Waals surface area contributed by atoms with Crippen molar-refractivity contribution in [3.05, 3.63) is 24.3 Å². The summed E-state index contributed by atoms with van der Waals surface area (Å²) in [4.78, 5) is 2.37. The van der Waals surface area contributed by atoms with Crippen LogP contribution in [0.4, 0.5) is 0 Å². The third kappa shape index (κ3) is 7.35. The first-order valence-corrected chi connectivity index (χ1v) is 6.91. The molecule has 17 heavy (non-hydrogen) atoms. The average Bonchev–Trinajstić information content (AvgIpc) is 2.39. The summed E-state index contributed by atoms with van der Waals surface area (Å²) in [6, 6.07) is 0.599. The lowest BCUT2D eigenvalue weighted by Crippen LogP contribution is -2.35. The van der Waals surface area contributed by atoms with Crippen molar-refractivity contribution in [2.24, 2.45) is 5.92 Å². The molecule has 0 saturated heterocycles. The normalized spacial score (nSPS) is 28.8. The van der Waals surface area contributed by atoms with Crippen LogP contribution in [0.3, 0.4) is 0 Å². The van der Waals surface area contributed by atoms with Crippen LogP contribution in [0.15, 0.2) is 24.3 Å². The van der Waals surface area contributed by atoms with Crippen molar-refractivity contribution < 1.29 is 0 Å². The van der Waals surface area contributed by atoms with Crippen molar-refractivity contribution in [2.45, 2.75) is 39.7 Å². The fraction of sp³-hybridized carbons (Fsp3) is 0.733. The molecule has 1 rings (SSSR count). The van der Waals surface area contributed by atoms with Crippen LogP contribution in [-0.4, -0.2) is 38.1 Å². The molecule has 0 aliphatic carbocycles. The van der Waals surface area contributed by atoms with E-state index < -0.39 is 0 Å². The highest BCUT2D eigenvalue weighted by Crippen LogP contribution is 2.10. The van der Waals surface area contributed by atoms with Gasteiger partial charge in [0.25, 0.3) is 0 Å². The van der Waals surface area contributed by atoms with Gasteiger partial charge in [0.1, 0.15) is 0 Å². The second-order valence-corrected chi connectivity index (χ2v) is 4.44. The van der Waals surface area contributed by atoms with Crippen LogP contribution in [0.25, 0.3) is 0 Å². The van der Waals surface area contributed by atoms with Crippen molar-refractivity contribution >= 4 is 0 Å². The van der Waals surface area contributed by atoms with Gasteiger partial charge in [-0.05, 0) is 39.4 Å². The third-order valence-corrected chi connectivity index (χ3v) is 3.12. The zero-order valence-electron chi connectivity index (χ0n) is 12.2. The first-order chi connectivity index (χ1) is 8.24. The Morgan fingerprint density at radius 3 is 2.53 bits per heavy atom. The molecule has 0 radical (unpaired) electrons. The summed E-state index contributed by atoms with van der Waals surface area (Å²) >= 11 is 0. The van der Waals surface area contributed by atoms with E-state index in [9.17, 15) is 0 Å². The Morgan fingerprint density at radius 1 is 1.18 bits per heavy atom. The van der Waals surface area contributed by atoms with Crippen molar-refractivity contribution in [3.8, 4) is 0 Å². The maximum atomic E-state index is 3.41. The average molecular weight is 238 g/mol. The minimum Gasteiger partial charge on any atom is -0.316 e. The molecule has 1 N–H and O–H groups in total. The molecule has 0 spiro atoms. The summed E-state index contributed by atoms with van der Waals surface area (Å²) in [6.45, 7) is 8.52. The third-order valence-electron chi connectivity index (χ3n) is 3.12. The second kappa shape index (κ2) is 10.5. The molecule has 0 saturated carbocycles. The Morgan fingerprint density at radius 2 is 1.88 bits per heavy atom. The molecule has 2 atom stereocenters. The summed E-state index contributed by atoms with van der Waals surface area (Å²) in [6.07, 6.45) is 11.4. The van der Waals surface area contributed by atoms with Gasteiger partial charge in [0.2, 0.25) is 0 Å². The van der Waals surface area contributed by atoms with Crippen LogP contribution >= 0.6 is 0 Å². The lowest BCUT2D eigenvalue weighted by atomic mass is 9.98. The Kier molecular flexibility index (Phi) is 10.2. The van der Waals surface area contributed by atoms with Gasteiger partial charge in [-0.2, -0.15) is 0 Å². The fourth-order valence-electron chi connectivity index (χ4n) is 1.98. The molecule has 0 aromatic rings. The van der Waals surface area contributed by atoms with E-state index in [1.807, 2.05) is 13.8 Å². The Bertz CT molecular complexity index is 221. The lowest BCUT2D eigenvalue weighted by Gasteiger charge is -2.23. The molecule has 2 heteroatoms. The minimum atomic E-state index is 0.599. The molecular formula is C15H30N2. The van der Waals surface area contributed by atoms with Gasteiger partial charge in [-0.25, -0.2) is 0 Å². The van der Waals surface area contributed by atoms with Crippen LogP contribution in [0.2, 0.25) is 0 Å². The SMILES string of the molecule is CC.CNC1CCN(C)CC=CC/C=C\C1C. The van der Waals surface area contributed by atoms with Gasteiger partial charge < -0.3 is 10.2 Å². The van der Waals surface area contributed by atoms with E-state index in [2.05, 4.69) is 55.5 Å². The fourth-order valence-corrected chi connectivity index (χ4v) is 1.98. The molecule has 0 amide bonds. The smallest absolute Gasteiger partial charge is 0.0160 e. The van der Waals surface area contributed by atoms with Gasteiger partial charge in [-0.1, -0.05) is 45.1 Å². The minimum absolute atomic E-state index is 0.599. The van der Waals surface area contributed by atoms with Crippen LogP contribution in [0.5, 0.6) is 0 Å². The van der Waals surface area contributed by atoms with Gasteiger partial charge in [-0.15, -0.1) is 0 Å². The molecule has 2 unspecified atom stereocenters. The Labute approximate surface area is 108 Å². The zero-order valence-corrected chi connectivity index (χ0v) is 12.2. The summed E-state index contributed by atoms with van der Waals surface area (Å²) in [7, 11) is 4.25. The molecule has 1 heterocycles. The number of hydrogen-bond donors (Lipinski definition) is 1. The highest BCUT2D eigenvalue weighted by Gasteiger charge is 2.13. The van der Waals surface area contributed by atoms with Crippen molar-refractivity contribution in [1.29, 1.82) is 0 Å². The number of allylic oxidation sites excluding steroid dienone is 2. The summed E-state index contributed by atoms with van der Waals surface area (Å²) < 4.78 is 0. The van der Waals surface area contributed by atoms with Crippen LogP contribution in [0, 0.1) is 5.92 Å². The first kappa shape index (κ1) is 16.4. The van der Waals surface area contributed by atoms with Gasteiger partial charge in [-0.3, -0.25) is 0 Å². The molecule has 100 valence electrons. The number of hydrogen-bond acceptors (Lipinski definition) is 2. The predicted molar refractivity (Wildman–Crippen MR) is 78.4 cm³/mol. The van der Waals surface area contributed by atoms with Crippen LogP contribution in [0.1, 0.15) is 33.6 Å². The standard InChI is InChI=1S/C13H24N2.C2H6/c1-12-8-6-4-5-7-10-15(3)11-9-13(12)14-2;1-2/h5-8,12-14H,4,9-11H2,1-3H3;1-2H3/b7-5?,8-6-;. The number of nitrogens with one attached hydrogen (secondary N) is 1. The Balaban J connectivity index is 0.00000121. The zero-order chi connectivity index (χ0) is 13.1. The van der Waals surface area contributed by atoms with Gasteiger partial charge in [0, 0.05) is 12.6 Å². The highest BCUT2D eigenvalue weighted by atomic mass is 15.1. The van der Waals surface area contributed by atoms with Crippen molar-refractivity contribution in [2.75, 3.05) is 27.2 Å². The van der Waals surface area contributed by atoms with E-state index >= 15 is 0 Å². The Hall–Kier alpha value is -0.600. The molecule has 0 aromatic heterocycles. The van der Waals surface area contributed by atoms with E-state index in [1.165, 1.54) is 6.42 Å². The summed E-state index contributed by atoms with van der Waals surface area (Å²) in [5, 5.41) is 3.41. The van der Waals surface area contributed by atoms with Crippen LogP contribution < -0.4 is 5.32 Å². The maximum absolute atomic E-state index is 3.41. The monoisotopic (exact) mass is 238 g/mol. The maximum Gasteiger partial charge on any atom is 0.0160 e. The van der Waals surface area contributed by atoms with E-state index in [-0.39, 0.29) is 0 Å².